The highest BCUT2D eigenvalue weighted by atomic mass is 16.6. The molecular weight excluding hydrogens is 264 g/mol. The number of piperidine rings is 1. The van der Waals surface area contributed by atoms with E-state index in [1.54, 1.807) is 0 Å². The Morgan fingerprint density at radius 3 is 2.76 bits per heavy atom. The van der Waals surface area contributed by atoms with Crippen LogP contribution in [0, 0.1) is 5.92 Å². The van der Waals surface area contributed by atoms with Gasteiger partial charge in [0.25, 0.3) is 0 Å². The van der Waals surface area contributed by atoms with E-state index in [0.717, 1.165) is 37.4 Å². The second-order valence-corrected chi connectivity index (χ2v) is 6.32. The van der Waals surface area contributed by atoms with Crippen LogP contribution in [0.2, 0.25) is 0 Å². The number of benzene rings is 1. The average molecular weight is 290 g/mol. The van der Waals surface area contributed by atoms with Gasteiger partial charge < -0.3 is 15.2 Å². The van der Waals surface area contributed by atoms with Crippen molar-refractivity contribution in [3.05, 3.63) is 23.8 Å². The number of hydrogen-bond donors (Lipinski definition) is 1. The van der Waals surface area contributed by atoms with Crippen LogP contribution in [0.5, 0.6) is 11.5 Å². The number of nitrogens with zero attached hydrogens (tertiary/aromatic N) is 1. The number of rotatable bonds is 3. The summed E-state index contributed by atoms with van der Waals surface area (Å²) in [6, 6.07) is 7.22. The maximum atomic E-state index is 6.16. The van der Waals surface area contributed by atoms with Crippen LogP contribution in [0.4, 0.5) is 0 Å². The molecule has 3 unspecified atom stereocenters. The van der Waals surface area contributed by atoms with Gasteiger partial charge in [0.1, 0.15) is 13.2 Å². The Labute approximate surface area is 127 Å². The fourth-order valence-electron chi connectivity index (χ4n) is 3.30. The minimum absolute atomic E-state index is 0.352. The number of hydrogen-bond acceptors (Lipinski definition) is 4. The molecule has 2 heterocycles. The molecule has 0 aliphatic carbocycles. The van der Waals surface area contributed by atoms with Crippen molar-refractivity contribution in [3.8, 4) is 11.5 Å². The van der Waals surface area contributed by atoms with Gasteiger partial charge in [-0.15, -0.1) is 0 Å². The maximum Gasteiger partial charge on any atom is 0.161 e. The quantitative estimate of drug-likeness (QED) is 0.925. The van der Waals surface area contributed by atoms with Crippen LogP contribution < -0.4 is 15.2 Å². The van der Waals surface area contributed by atoms with Gasteiger partial charge in [-0.2, -0.15) is 0 Å². The van der Waals surface area contributed by atoms with Gasteiger partial charge in [0.15, 0.2) is 11.5 Å². The third kappa shape index (κ3) is 3.16. The molecule has 3 atom stereocenters. The van der Waals surface area contributed by atoms with Gasteiger partial charge in [0.05, 0.1) is 0 Å². The molecule has 0 amide bonds. The molecule has 0 aromatic heterocycles. The molecule has 4 nitrogen and oxygen atoms in total. The minimum Gasteiger partial charge on any atom is -0.486 e. The summed E-state index contributed by atoms with van der Waals surface area (Å²) in [5.41, 5.74) is 7.47. The van der Waals surface area contributed by atoms with Gasteiger partial charge in [-0.25, -0.2) is 0 Å². The van der Waals surface area contributed by atoms with Crippen molar-refractivity contribution in [1.29, 1.82) is 0 Å². The molecule has 3 rings (SSSR count). The first kappa shape index (κ1) is 14.7. The Hall–Kier alpha value is -1.26. The zero-order valence-corrected chi connectivity index (χ0v) is 13.0. The van der Waals surface area contributed by atoms with Gasteiger partial charge in [-0.05, 0) is 49.9 Å². The standard InChI is InChI=1S/C17H26N2O2/c1-12-13(2)19(8-6-15(12)18)7-5-14-3-4-16-17(11-14)21-10-9-20-16/h3-4,11-13,15H,5-10,18H2,1-2H3. The van der Waals surface area contributed by atoms with E-state index in [2.05, 4.69) is 30.9 Å². The van der Waals surface area contributed by atoms with Crippen LogP contribution in [0.1, 0.15) is 25.8 Å². The third-order valence-electron chi connectivity index (χ3n) is 5.06. The summed E-state index contributed by atoms with van der Waals surface area (Å²) in [4.78, 5) is 2.56. The molecule has 116 valence electrons. The monoisotopic (exact) mass is 290 g/mol. The van der Waals surface area contributed by atoms with Crippen LogP contribution in [-0.2, 0) is 6.42 Å². The summed E-state index contributed by atoms with van der Waals surface area (Å²) >= 11 is 0. The van der Waals surface area contributed by atoms with Crippen molar-refractivity contribution in [3.63, 3.8) is 0 Å². The molecule has 0 spiro atoms. The van der Waals surface area contributed by atoms with E-state index in [-0.39, 0.29) is 0 Å². The zero-order valence-electron chi connectivity index (χ0n) is 13.0. The summed E-state index contributed by atoms with van der Waals surface area (Å²) in [6.07, 6.45) is 2.15. The third-order valence-corrected chi connectivity index (χ3v) is 5.06. The van der Waals surface area contributed by atoms with Gasteiger partial charge in [-0.1, -0.05) is 13.0 Å². The first-order valence-corrected chi connectivity index (χ1v) is 8.03. The van der Waals surface area contributed by atoms with Gasteiger partial charge >= 0.3 is 0 Å². The van der Waals surface area contributed by atoms with E-state index in [1.807, 2.05) is 6.07 Å². The van der Waals surface area contributed by atoms with Crippen molar-refractivity contribution >= 4 is 0 Å². The number of fused-ring (bicyclic) bond motifs is 1. The van der Waals surface area contributed by atoms with Crippen LogP contribution in [0.15, 0.2) is 18.2 Å². The SMILES string of the molecule is CC1C(N)CCN(CCc2ccc3c(c2)OCCO3)C1C. The van der Waals surface area contributed by atoms with Gasteiger partial charge in [0, 0.05) is 18.6 Å². The molecule has 1 aromatic rings. The van der Waals surface area contributed by atoms with E-state index in [9.17, 15) is 0 Å². The lowest BCUT2D eigenvalue weighted by Crippen LogP contribution is -2.52. The number of ether oxygens (including phenoxy) is 2. The predicted octanol–water partition coefficient (Wildman–Crippen LogP) is 2.06. The van der Waals surface area contributed by atoms with Crippen molar-refractivity contribution in [1.82, 2.24) is 4.90 Å². The Morgan fingerprint density at radius 2 is 1.95 bits per heavy atom. The van der Waals surface area contributed by atoms with E-state index in [4.69, 9.17) is 15.2 Å². The molecule has 1 saturated heterocycles. The zero-order chi connectivity index (χ0) is 14.8. The predicted molar refractivity (Wildman–Crippen MR) is 83.9 cm³/mol. The molecule has 1 aromatic carbocycles. The molecule has 0 radical (unpaired) electrons. The second kappa shape index (κ2) is 6.24. The normalized spacial score (nSPS) is 29.4. The summed E-state index contributed by atoms with van der Waals surface area (Å²) in [5.74, 6) is 2.33. The molecular formula is C17H26N2O2. The summed E-state index contributed by atoms with van der Waals surface area (Å²) in [5, 5.41) is 0. The lowest BCUT2D eigenvalue weighted by molar-refractivity contribution is 0.0992. The number of likely N-dealkylation sites (tertiary alicyclic amines) is 1. The molecule has 2 aliphatic rings. The first-order valence-electron chi connectivity index (χ1n) is 8.03. The minimum atomic E-state index is 0.352. The van der Waals surface area contributed by atoms with Gasteiger partial charge in [0.2, 0.25) is 0 Å². The van der Waals surface area contributed by atoms with Crippen molar-refractivity contribution < 1.29 is 9.47 Å². The Bertz CT molecular complexity index is 492. The van der Waals surface area contributed by atoms with Crippen LogP contribution in [-0.4, -0.2) is 43.3 Å². The smallest absolute Gasteiger partial charge is 0.161 e. The van der Waals surface area contributed by atoms with Crippen LogP contribution in [0.25, 0.3) is 0 Å². The highest BCUT2D eigenvalue weighted by Gasteiger charge is 2.29. The Balaban J connectivity index is 1.60. The summed E-state index contributed by atoms with van der Waals surface area (Å²) < 4.78 is 11.2. The van der Waals surface area contributed by atoms with Gasteiger partial charge in [-0.3, -0.25) is 4.90 Å². The summed E-state index contributed by atoms with van der Waals surface area (Å²) in [6.45, 7) is 8.05. The van der Waals surface area contributed by atoms with E-state index >= 15 is 0 Å². The van der Waals surface area contributed by atoms with E-state index in [0.29, 0.717) is 31.2 Å². The molecule has 2 N–H and O–H groups in total. The van der Waals surface area contributed by atoms with Crippen LogP contribution >= 0.6 is 0 Å². The molecule has 4 heteroatoms. The fourth-order valence-corrected chi connectivity index (χ4v) is 3.30. The molecule has 2 aliphatic heterocycles. The van der Waals surface area contributed by atoms with Crippen LogP contribution in [0.3, 0.4) is 0 Å². The topological polar surface area (TPSA) is 47.7 Å². The first-order chi connectivity index (χ1) is 10.1. The molecule has 1 fully saturated rings. The molecule has 0 bridgehead atoms. The highest BCUT2D eigenvalue weighted by Crippen LogP contribution is 2.31. The van der Waals surface area contributed by atoms with E-state index in [1.165, 1.54) is 5.56 Å². The Morgan fingerprint density at radius 1 is 1.19 bits per heavy atom. The van der Waals surface area contributed by atoms with Crippen molar-refractivity contribution in [2.75, 3.05) is 26.3 Å². The van der Waals surface area contributed by atoms with E-state index < -0.39 is 0 Å². The maximum absolute atomic E-state index is 6.16. The van der Waals surface area contributed by atoms with Crippen molar-refractivity contribution in [2.45, 2.75) is 38.8 Å². The fraction of sp³-hybridized carbons (Fsp3) is 0.647. The lowest BCUT2D eigenvalue weighted by atomic mass is 9.87. The largest absolute Gasteiger partial charge is 0.486 e. The lowest BCUT2D eigenvalue weighted by Gasteiger charge is -2.41. The number of nitrogens with two attached hydrogens (primary N) is 1. The molecule has 0 saturated carbocycles. The summed E-state index contributed by atoms with van der Waals surface area (Å²) in [7, 11) is 0. The molecule has 21 heavy (non-hydrogen) atoms. The Kier molecular flexibility index (Phi) is 4.36. The second-order valence-electron chi connectivity index (χ2n) is 6.32. The average Bonchev–Trinajstić information content (AvgIpc) is 2.52. The highest BCUT2D eigenvalue weighted by molar-refractivity contribution is 5.43. The van der Waals surface area contributed by atoms with Crippen molar-refractivity contribution in [2.24, 2.45) is 11.7 Å².